The van der Waals surface area contributed by atoms with Crippen molar-refractivity contribution in [2.45, 2.75) is 19.3 Å². The Balaban J connectivity index is 1.94. The number of benzene rings is 1. The molecule has 112 valence electrons. The highest BCUT2D eigenvalue weighted by Crippen LogP contribution is 2.20. The highest BCUT2D eigenvalue weighted by Gasteiger charge is 2.23. The lowest BCUT2D eigenvalue weighted by atomic mass is 9.95. The number of aliphatic carboxylic acids is 1. The third-order valence-corrected chi connectivity index (χ3v) is 3.56. The molecular formula is C16H18FNO3. The number of likely N-dealkylation sites (tertiary alicyclic amines) is 1. The van der Waals surface area contributed by atoms with Gasteiger partial charge in [-0.3, -0.25) is 9.59 Å². The van der Waals surface area contributed by atoms with Gasteiger partial charge in [0.15, 0.2) is 0 Å². The first-order valence-corrected chi connectivity index (χ1v) is 6.99. The molecule has 5 heteroatoms. The molecule has 2 rings (SSSR count). The van der Waals surface area contributed by atoms with Gasteiger partial charge in [-0.15, -0.1) is 0 Å². The van der Waals surface area contributed by atoms with E-state index in [1.807, 2.05) is 0 Å². The summed E-state index contributed by atoms with van der Waals surface area (Å²) in [6.07, 6.45) is 4.74. The zero-order valence-corrected chi connectivity index (χ0v) is 11.7. The van der Waals surface area contributed by atoms with Gasteiger partial charge in [-0.1, -0.05) is 12.1 Å². The van der Waals surface area contributed by atoms with Gasteiger partial charge in [0.05, 0.1) is 0 Å². The van der Waals surface area contributed by atoms with Crippen molar-refractivity contribution in [2.75, 3.05) is 13.1 Å². The molecule has 0 aliphatic carbocycles. The fourth-order valence-corrected chi connectivity index (χ4v) is 2.56. The summed E-state index contributed by atoms with van der Waals surface area (Å²) in [4.78, 5) is 24.5. The van der Waals surface area contributed by atoms with Crippen LogP contribution in [0.3, 0.4) is 0 Å². The van der Waals surface area contributed by atoms with Crippen molar-refractivity contribution in [1.29, 1.82) is 0 Å². The lowest BCUT2D eigenvalue weighted by molar-refractivity contribution is -0.139. The first-order chi connectivity index (χ1) is 10.0. The molecule has 0 bridgehead atoms. The Morgan fingerprint density at radius 1 is 1.43 bits per heavy atom. The molecule has 1 unspecified atom stereocenters. The van der Waals surface area contributed by atoms with Gasteiger partial charge in [0.1, 0.15) is 5.82 Å². The molecule has 1 fully saturated rings. The van der Waals surface area contributed by atoms with Crippen LogP contribution in [0.1, 0.15) is 24.8 Å². The summed E-state index contributed by atoms with van der Waals surface area (Å²) >= 11 is 0. The maximum atomic E-state index is 13.0. The van der Waals surface area contributed by atoms with Crippen LogP contribution in [0.15, 0.2) is 30.3 Å². The van der Waals surface area contributed by atoms with E-state index in [1.54, 1.807) is 23.1 Å². The van der Waals surface area contributed by atoms with E-state index in [0.29, 0.717) is 18.7 Å². The lowest BCUT2D eigenvalue weighted by Crippen LogP contribution is -2.39. The third-order valence-electron chi connectivity index (χ3n) is 3.56. The zero-order chi connectivity index (χ0) is 15.2. The molecule has 0 saturated carbocycles. The van der Waals surface area contributed by atoms with Crippen LogP contribution in [-0.2, 0) is 9.59 Å². The standard InChI is InChI=1S/C16H18FNO3/c17-14-5-1-3-12(9-14)6-7-15(19)18-8-2-4-13(11-18)10-16(20)21/h1,3,5-7,9,13H,2,4,8,10-11H2,(H,20,21). The summed E-state index contributed by atoms with van der Waals surface area (Å²) < 4.78 is 13.0. The third kappa shape index (κ3) is 4.70. The molecule has 1 atom stereocenters. The van der Waals surface area contributed by atoms with Gasteiger partial charge < -0.3 is 10.0 Å². The van der Waals surface area contributed by atoms with Gasteiger partial charge in [0.2, 0.25) is 5.91 Å². The van der Waals surface area contributed by atoms with E-state index in [-0.39, 0.29) is 24.1 Å². The van der Waals surface area contributed by atoms with Gasteiger partial charge in [0, 0.05) is 25.6 Å². The Bertz CT molecular complexity index is 556. The number of hydrogen-bond donors (Lipinski definition) is 1. The Hall–Kier alpha value is -2.17. The van der Waals surface area contributed by atoms with E-state index in [9.17, 15) is 14.0 Å². The minimum Gasteiger partial charge on any atom is -0.481 e. The number of carbonyl (C=O) groups excluding carboxylic acids is 1. The van der Waals surface area contributed by atoms with Crippen LogP contribution in [0.5, 0.6) is 0 Å². The molecule has 1 aliphatic rings. The largest absolute Gasteiger partial charge is 0.481 e. The number of carboxylic acids is 1. The first kappa shape index (κ1) is 15.2. The van der Waals surface area contributed by atoms with Gasteiger partial charge in [-0.25, -0.2) is 4.39 Å². The smallest absolute Gasteiger partial charge is 0.303 e. The number of carboxylic acid groups (broad SMARTS) is 1. The highest BCUT2D eigenvalue weighted by atomic mass is 19.1. The number of carbonyl (C=O) groups is 2. The van der Waals surface area contributed by atoms with E-state index in [1.165, 1.54) is 18.2 Å². The summed E-state index contributed by atoms with van der Waals surface area (Å²) in [5, 5.41) is 8.82. The van der Waals surface area contributed by atoms with Gasteiger partial charge in [-0.2, -0.15) is 0 Å². The molecule has 0 aromatic heterocycles. The van der Waals surface area contributed by atoms with Crippen LogP contribution >= 0.6 is 0 Å². The summed E-state index contributed by atoms with van der Waals surface area (Å²) in [5.74, 6) is -1.31. The molecule has 1 heterocycles. The summed E-state index contributed by atoms with van der Waals surface area (Å²) in [5.41, 5.74) is 0.627. The summed E-state index contributed by atoms with van der Waals surface area (Å²) in [6.45, 7) is 1.11. The Morgan fingerprint density at radius 3 is 2.95 bits per heavy atom. The lowest BCUT2D eigenvalue weighted by Gasteiger charge is -2.31. The second-order valence-corrected chi connectivity index (χ2v) is 5.28. The molecule has 1 amide bonds. The molecule has 0 spiro atoms. The quantitative estimate of drug-likeness (QED) is 0.867. The SMILES string of the molecule is O=C(O)CC1CCCN(C(=O)C=Cc2cccc(F)c2)C1. The van der Waals surface area contributed by atoms with Crippen molar-refractivity contribution in [2.24, 2.45) is 5.92 Å². The van der Waals surface area contributed by atoms with E-state index < -0.39 is 5.97 Å². The first-order valence-electron chi connectivity index (χ1n) is 6.99. The van der Waals surface area contributed by atoms with Crippen molar-refractivity contribution < 1.29 is 19.1 Å². The molecule has 1 aromatic carbocycles. The summed E-state index contributed by atoms with van der Waals surface area (Å²) in [7, 11) is 0. The van der Waals surface area contributed by atoms with Crippen LogP contribution in [0.25, 0.3) is 6.08 Å². The fourth-order valence-electron chi connectivity index (χ4n) is 2.56. The average Bonchev–Trinajstić information content (AvgIpc) is 2.44. The summed E-state index contributed by atoms with van der Waals surface area (Å²) in [6, 6.07) is 6.01. The average molecular weight is 291 g/mol. The van der Waals surface area contributed by atoms with Crippen LogP contribution in [-0.4, -0.2) is 35.0 Å². The maximum Gasteiger partial charge on any atom is 0.303 e. The number of amides is 1. The number of nitrogens with zero attached hydrogens (tertiary/aromatic N) is 1. The van der Waals surface area contributed by atoms with E-state index in [0.717, 1.165) is 12.8 Å². The van der Waals surface area contributed by atoms with Gasteiger partial charge >= 0.3 is 5.97 Å². The second-order valence-electron chi connectivity index (χ2n) is 5.28. The highest BCUT2D eigenvalue weighted by molar-refractivity contribution is 5.91. The van der Waals surface area contributed by atoms with Crippen molar-refractivity contribution in [3.8, 4) is 0 Å². The van der Waals surface area contributed by atoms with E-state index >= 15 is 0 Å². The Kier molecular flexibility index (Phi) is 5.09. The molecule has 4 nitrogen and oxygen atoms in total. The van der Waals surface area contributed by atoms with Gasteiger partial charge in [0.25, 0.3) is 0 Å². The minimum atomic E-state index is -0.829. The molecule has 1 saturated heterocycles. The van der Waals surface area contributed by atoms with Crippen LogP contribution in [0, 0.1) is 11.7 Å². The monoisotopic (exact) mass is 291 g/mol. The zero-order valence-electron chi connectivity index (χ0n) is 11.7. The second kappa shape index (κ2) is 7.02. The number of rotatable bonds is 4. The maximum absolute atomic E-state index is 13.0. The van der Waals surface area contributed by atoms with E-state index in [2.05, 4.69) is 0 Å². The van der Waals surface area contributed by atoms with Crippen molar-refractivity contribution in [1.82, 2.24) is 4.90 Å². The molecule has 1 aromatic rings. The number of halogens is 1. The van der Waals surface area contributed by atoms with E-state index in [4.69, 9.17) is 5.11 Å². The van der Waals surface area contributed by atoms with Crippen molar-refractivity contribution in [3.63, 3.8) is 0 Å². The number of hydrogen-bond acceptors (Lipinski definition) is 2. The van der Waals surface area contributed by atoms with Gasteiger partial charge in [-0.05, 0) is 42.5 Å². The molecule has 1 aliphatic heterocycles. The van der Waals surface area contributed by atoms with Crippen LogP contribution < -0.4 is 0 Å². The Labute approximate surface area is 122 Å². The topological polar surface area (TPSA) is 57.6 Å². The molecular weight excluding hydrogens is 273 g/mol. The van der Waals surface area contributed by atoms with Crippen molar-refractivity contribution >= 4 is 18.0 Å². The minimum absolute atomic E-state index is 0.0165. The predicted octanol–water partition coefficient (Wildman–Crippen LogP) is 2.55. The molecule has 1 N–H and O–H groups in total. The Morgan fingerprint density at radius 2 is 2.24 bits per heavy atom. The van der Waals surface area contributed by atoms with Crippen molar-refractivity contribution in [3.05, 3.63) is 41.7 Å². The van der Waals surface area contributed by atoms with Crippen LogP contribution in [0.4, 0.5) is 4.39 Å². The normalized spacial score (nSPS) is 18.9. The fraction of sp³-hybridized carbons (Fsp3) is 0.375. The number of piperidine rings is 1. The van der Waals surface area contributed by atoms with Crippen LogP contribution in [0.2, 0.25) is 0 Å². The predicted molar refractivity (Wildman–Crippen MR) is 77.0 cm³/mol. The molecule has 0 radical (unpaired) electrons. The molecule has 21 heavy (non-hydrogen) atoms.